The Morgan fingerprint density at radius 3 is 2.72 bits per heavy atom. The van der Waals surface area contributed by atoms with E-state index >= 15 is 0 Å². The van der Waals surface area contributed by atoms with Crippen LogP contribution in [0.3, 0.4) is 0 Å². The van der Waals surface area contributed by atoms with E-state index in [1.54, 1.807) is 24.3 Å². The minimum atomic E-state index is 0.119. The SMILES string of the molecule is CC(C)n1cc(COc2ccccc2O)nc1N. The van der Waals surface area contributed by atoms with Gasteiger partial charge in [0, 0.05) is 12.2 Å². The number of benzene rings is 1. The topological polar surface area (TPSA) is 73.3 Å². The van der Waals surface area contributed by atoms with E-state index in [2.05, 4.69) is 4.98 Å². The first kappa shape index (κ1) is 12.3. The average Bonchev–Trinajstić information content (AvgIpc) is 2.70. The van der Waals surface area contributed by atoms with Crippen molar-refractivity contribution < 1.29 is 9.84 Å². The van der Waals surface area contributed by atoms with E-state index in [4.69, 9.17) is 10.5 Å². The second-order valence-electron chi connectivity index (χ2n) is 4.35. The second kappa shape index (κ2) is 5.00. The molecule has 0 unspecified atom stereocenters. The Balaban J connectivity index is 2.07. The van der Waals surface area contributed by atoms with Gasteiger partial charge in [-0.05, 0) is 26.0 Å². The number of hydrogen-bond acceptors (Lipinski definition) is 4. The number of rotatable bonds is 4. The molecule has 96 valence electrons. The van der Waals surface area contributed by atoms with Gasteiger partial charge in [0.1, 0.15) is 6.61 Å². The zero-order chi connectivity index (χ0) is 13.1. The van der Waals surface area contributed by atoms with Gasteiger partial charge < -0.3 is 20.1 Å². The first-order valence-corrected chi connectivity index (χ1v) is 5.82. The molecule has 5 heteroatoms. The number of aromatic hydroxyl groups is 1. The fraction of sp³-hybridized carbons (Fsp3) is 0.308. The van der Waals surface area contributed by atoms with Crippen molar-refractivity contribution in [2.45, 2.75) is 26.5 Å². The van der Waals surface area contributed by atoms with Crippen LogP contribution in [0.4, 0.5) is 5.95 Å². The summed E-state index contributed by atoms with van der Waals surface area (Å²) in [5.41, 5.74) is 6.53. The number of imidazole rings is 1. The van der Waals surface area contributed by atoms with Gasteiger partial charge in [-0.2, -0.15) is 0 Å². The fourth-order valence-corrected chi connectivity index (χ4v) is 1.67. The Kier molecular flexibility index (Phi) is 3.41. The average molecular weight is 247 g/mol. The van der Waals surface area contributed by atoms with Gasteiger partial charge in [0.15, 0.2) is 11.5 Å². The van der Waals surface area contributed by atoms with Gasteiger partial charge in [0.25, 0.3) is 0 Å². The number of phenolic OH excluding ortho intramolecular Hbond substituents is 1. The predicted octanol–water partition coefficient (Wildman–Crippen LogP) is 2.33. The molecule has 0 fully saturated rings. The lowest BCUT2D eigenvalue weighted by Crippen LogP contribution is -2.03. The molecule has 0 aliphatic rings. The zero-order valence-electron chi connectivity index (χ0n) is 10.5. The van der Waals surface area contributed by atoms with Crippen molar-refractivity contribution in [2.24, 2.45) is 0 Å². The molecule has 0 radical (unpaired) electrons. The van der Waals surface area contributed by atoms with Crippen LogP contribution in [0.5, 0.6) is 11.5 Å². The Morgan fingerprint density at radius 2 is 2.11 bits per heavy atom. The van der Waals surface area contributed by atoms with Crippen LogP contribution in [0.2, 0.25) is 0 Å². The molecule has 0 atom stereocenters. The molecular formula is C13H17N3O2. The van der Waals surface area contributed by atoms with E-state index in [0.29, 0.717) is 11.7 Å². The maximum Gasteiger partial charge on any atom is 0.200 e. The Bertz CT molecular complexity index is 535. The molecule has 0 aliphatic carbocycles. The van der Waals surface area contributed by atoms with Crippen LogP contribution in [-0.2, 0) is 6.61 Å². The van der Waals surface area contributed by atoms with Crippen molar-refractivity contribution in [3.8, 4) is 11.5 Å². The fourth-order valence-electron chi connectivity index (χ4n) is 1.67. The highest BCUT2D eigenvalue weighted by Gasteiger charge is 2.08. The highest BCUT2D eigenvalue weighted by Crippen LogP contribution is 2.25. The van der Waals surface area contributed by atoms with Crippen molar-refractivity contribution in [1.82, 2.24) is 9.55 Å². The third-order valence-electron chi connectivity index (χ3n) is 2.61. The standard InChI is InChI=1S/C13H17N3O2/c1-9(2)16-7-10(15-13(16)14)8-18-12-6-4-3-5-11(12)17/h3-7,9,17H,8H2,1-2H3,(H2,14,15). The number of nitrogen functional groups attached to an aromatic ring is 1. The lowest BCUT2D eigenvalue weighted by molar-refractivity contribution is 0.285. The van der Waals surface area contributed by atoms with Crippen LogP contribution in [0.15, 0.2) is 30.5 Å². The van der Waals surface area contributed by atoms with Crippen LogP contribution in [0.1, 0.15) is 25.6 Å². The monoisotopic (exact) mass is 247 g/mol. The first-order valence-electron chi connectivity index (χ1n) is 5.82. The van der Waals surface area contributed by atoms with E-state index in [1.165, 1.54) is 0 Å². The highest BCUT2D eigenvalue weighted by molar-refractivity contribution is 5.38. The summed E-state index contributed by atoms with van der Waals surface area (Å²) in [7, 11) is 0. The zero-order valence-corrected chi connectivity index (χ0v) is 10.5. The largest absolute Gasteiger partial charge is 0.504 e. The number of anilines is 1. The van der Waals surface area contributed by atoms with Gasteiger partial charge in [0.05, 0.1) is 5.69 Å². The van der Waals surface area contributed by atoms with Crippen molar-refractivity contribution in [3.63, 3.8) is 0 Å². The van der Waals surface area contributed by atoms with Gasteiger partial charge >= 0.3 is 0 Å². The van der Waals surface area contributed by atoms with Crippen molar-refractivity contribution in [1.29, 1.82) is 0 Å². The van der Waals surface area contributed by atoms with Crippen LogP contribution in [0, 0.1) is 0 Å². The van der Waals surface area contributed by atoms with E-state index < -0.39 is 0 Å². The van der Waals surface area contributed by atoms with Crippen LogP contribution in [0.25, 0.3) is 0 Å². The van der Waals surface area contributed by atoms with Gasteiger partial charge in [-0.15, -0.1) is 0 Å². The Labute approximate surface area is 106 Å². The molecule has 2 aromatic rings. The summed E-state index contributed by atoms with van der Waals surface area (Å²) in [5, 5.41) is 9.56. The molecule has 0 aliphatic heterocycles. The number of aromatic nitrogens is 2. The summed E-state index contributed by atoms with van der Waals surface area (Å²) in [6.45, 7) is 4.35. The molecule has 0 saturated carbocycles. The van der Waals surface area contributed by atoms with Crippen LogP contribution in [-0.4, -0.2) is 14.7 Å². The molecule has 0 amide bonds. The van der Waals surface area contributed by atoms with E-state index in [-0.39, 0.29) is 18.4 Å². The molecule has 0 spiro atoms. The van der Waals surface area contributed by atoms with E-state index in [9.17, 15) is 5.11 Å². The summed E-state index contributed by atoms with van der Waals surface area (Å²) in [5.74, 6) is 1.03. The molecule has 1 heterocycles. The molecule has 0 saturated heterocycles. The third-order valence-corrected chi connectivity index (χ3v) is 2.61. The number of nitrogens with two attached hydrogens (primary N) is 1. The maximum absolute atomic E-state index is 9.56. The summed E-state index contributed by atoms with van der Waals surface area (Å²) in [4.78, 5) is 4.21. The number of ether oxygens (including phenoxy) is 1. The van der Waals surface area contributed by atoms with E-state index in [0.717, 1.165) is 5.69 Å². The van der Waals surface area contributed by atoms with Gasteiger partial charge in [-0.3, -0.25) is 0 Å². The van der Waals surface area contributed by atoms with Gasteiger partial charge in [-0.1, -0.05) is 12.1 Å². The summed E-state index contributed by atoms with van der Waals surface area (Å²) >= 11 is 0. The highest BCUT2D eigenvalue weighted by atomic mass is 16.5. The van der Waals surface area contributed by atoms with E-state index in [1.807, 2.05) is 24.6 Å². The molecule has 5 nitrogen and oxygen atoms in total. The maximum atomic E-state index is 9.56. The molecular weight excluding hydrogens is 230 g/mol. The Morgan fingerprint density at radius 1 is 1.39 bits per heavy atom. The van der Waals surface area contributed by atoms with Crippen LogP contribution >= 0.6 is 0 Å². The quantitative estimate of drug-likeness (QED) is 0.869. The van der Waals surface area contributed by atoms with Crippen molar-refractivity contribution in [3.05, 3.63) is 36.2 Å². The molecule has 1 aromatic carbocycles. The van der Waals surface area contributed by atoms with Crippen molar-refractivity contribution in [2.75, 3.05) is 5.73 Å². The molecule has 3 N–H and O–H groups in total. The number of hydrogen-bond donors (Lipinski definition) is 2. The van der Waals surface area contributed by atoms with Crippen LogP contribution < -0.4 is 10.5 Å². The molecule has 2 rings (SSSR count). The molecule has 18 heavy (non-hydrogen) atoms. The van der Waals surface area contributed by atoms with Gasteiger partial charge in [0.2, 0.25) is 5.95 Å². The smallest absolute Gasteiger partial charge is 0.200 e. The second-order valence-corrected chi connectivity index (χ2v) is 4.35. The first-order chi connectivity index (χ1) is 8.58. The molecule has 1 aromatic heterocycles. The lowest BCUT2D eigenvalue weighted by atomic mass is 10.3. The van der Waals surface area contributed by atoms with Crippen molar-refractivity contribution >= 4 is 5.95 Å². The lowest BCUT2D eigenvalue weighted by Gasteiger charge is -2.07. The number of nitrogens with zero attached hydrogens (tertiary/aromatic N) is 2. The summed E-state index contributed by atoms with van der Waals surface area (Å²) in [6.07, 6.45) is 1.86. The number of phenols is 1. The number of para-hydroxylation sites is 2. The minimum Gasteiger partial charge on any atom is -0.504 e. The summed E-state index contributed by atoms with van der Waals surface area (Å²) < 4.78 is 7.37. The Hall–Kier alpha value is -2.17. The third kappa shape index (κ3) is 2.56. The minimum absolute atomic E-state index is 0.119. The predicted molar refractivity (Wildman–Crippen MR) is 69.5 cm³/mol. The normalized spacial score (nSPS) is 10.8. The summed E-state index contributed by atoms with van der Waals surface area (Å²) in [6, 6.07) is 7.09. The molecule has 0 bridgehead atoms. The van der Waals surface area contributed by atoms with Gasteiger partial charge in [-0.25, -0.2) is 4.98 Å².